The number of hydrogen-bond donors (Lipinski definition) is 2. The van der Waals surface area contributed by atoms with Crippen molar-refractivity contribution in [2.24, 2.45) is 5.92 Å². The molecule has 4 atom stereocenters. The van der Waals surface area contributed by atoms with Gasteiger partial charge in [-0.25, -0.2) is 13.6 Å². The van der Waals surface area contributed by atoms with Gasteiger partial charge in [0.05, 0.1) is 6.61 Å². The lowest BCUT2D eigenvalue weighted by molar-refractivity contribution is -0.151. The fourth-order valence-corrected chi connectivity index (χ4v) is 5.31. The smallest absolute Gasteiger partial charge is 0.331 e. The standard InChI is InChI=1S/C24H29F2N3O7S/c1-24(2,3)37(34)28-19(14-11-16-12(4-9-36-16)10-15(14)25)18(26)20(30)17-21(31)27-23(33)29(22(17)32)13-5-7-35-8-6-13/h10-11,13,17-19,28H,4-9H2,1-3H3,(H,27,31,33)/t17-,18-,19+,37-/m1/s1. The minimum absolute atomic E-state index is 0.268. The number of imide groups is 2. The average Bonchev–Trinajstić information content (AvgIpc) is 3.28. The maximum atomic E-state index is 16.0. The molecule has 202 valence electrons. The highest BCUT2D eigenvalue weighted by molar-refractivity contribution is 7.90. The summed E-state index contributed by atoms with van der Waals surface area (Å²) in [4.78, 5) is 52.3. The third-order valence-corrected chi connectivity index (χ3v) is 8.11. The molecule has 2 N–H and O–H groups in total. The number of fused-ring (bicyclic) bond motifs is 1. The molecule has 0 unspecified atom stereocenters. The van der Waals surface area contributed by atoms with E-state index < -0.39 is 69.7 Å². The number of benzene rings is 1. The second kappa shape index (κ2) is 10.6. The van der Waals surface area contributed by atoms with Gasteiger partial charge >= 0.3 is 6.03 Å². The van der Waals surface area contributed by atoms with Crippen LogP contribution >= 0.6 is 0 Å². The van der Waals surface area contributed by atoms with E-state index in [-0.39, 0.29) is 18.8 Å². The molecule has 0 saturated carbocycles. The Morgan fingerprint density at radius 1 is 1.22 bits per heavy atom. The number of hydrogen-bond acceptors (Lipinski definition) is 8. The summed E-state index contributed by atoms with van der Waals surface area (Å²) in [6.45, 7) is 5.63. The molecule has 37 heavy (non-hydrogen) atoms. The molecule has 1 aromatic rings. The van der Waals surface area contributed by atoms with Crippen LogP contribution in [-0.4, -0.2) is 69.9 Å². The summed E-state index contributed by atoms with van der Waals surface area (Å²) in [5.41, 5.74) is 0.228. The molecule has 13 heteroatoms. The molecule has 1 aromatic carbocycles. The van der Waals surface area contributed by atoms with Crippen molar-refractivity contribution in [1.82, 2.24) is 14.9 Å². The third kappa shape index (κ3) is 5.49. The number of amides is 4. The number of ketones is 1. The summed E-state index contributed by atoms with van der Waals surface area (Å²) < 4.78 is 56.3. The van der Waals surface area contributed by atoms with Gasteiger partial charge in [-0.05, 0) is 45.7 Å². The van der Waals surface area contributed by atoms with Crippen molar-refractivity contribution >= 4 is 35.0 Å². The van der Waals surface area contributed by atoms with Crippen LogP contribution in [0, 0.1) is 11.7 Å². The molecule has 0 bridgehead atoms. The van der Waals surface area contributed by atoms with Crippen molar-refractivity contribution in [3.8, 4) is 5.75 Å². The molecule has 0 radical (unpaired) electrons. The van der Waals surface area contributed by atoms with Gasteiger partial charge in [0.15, 0.2) is 17.9 Å². The van der Waals surface area contributed by atoms with Gasteiger partial charge in [0, 0.05) is 48.2 Å². The lowest BCUT2D eigenvalue weighted by Crippen LogP contribution is -2.64. The van der Waals surface area contributed by atoms with Gasteiger partial charge in [0.25, 0.3) is 5.91 Å². The lowest BCUT2D eigenvalue weighted by atomic mass is 9.89. The van der Waals surface area contributed by atoms with Gasteiger partial charge < -0.3 is 14.0 Å². The van der Waals surface area contributed by atoms with E-state index in [0.29, 0.717) is 37.2 Å². The largest absolute Gasteiger partial charge is 0.598 e. The van der Waals surface area contributed by atoms with Crippen molar-refractivity contribution in [1.29, 1.82) is 0 Å². The number of urea groups is 1. The monoisotopic (exact) mass is 541 g/mol. The molecule has 0 aromatic heterocycles. The van der Waals surface area contributed by atoms with Gasteiger partial charge in [-0.2, -0.15) is 0 Å². The zero-order valence-corrected chi connectivity index (χ0v) is 21.5. The van der Waals surface area contributed by atoms with E-state index in [2.05, 4.69) is 4.72 Å². The van der Waals surface area contributed by atoms with E-state index in [1.54, 1.807) is 20.8 Å². The first-order valence-electron chi connectivity index (χ1n) is 12.0. The van der Waals surface area contributed by atoms with Crippen LogP contribution in [0.5, 0.6) is 5.75 Å². The average molecular weight is 542 g/mol. The van der Waals surface area contributed by atoms with E-state index in [4.69, 9.17) is 9.47 Å². The first kappa shape index (κ1) is 27.4. The van der Waals surface area contributed by atoms with Crippen molar-refractivity contribution in [2.75, 3.05) is 19.8 Å². The number of ether oxygens (including phenoxy) is 2. The molecule has 2 saturated heterocycles. The Hall–Kier alpha value is -2.61. The number of rotatable bonds is 7. The Kier molecular flexibility index (Phi) is 7.88. The van der Waals surface area contributed by atoms with Crippen LogP contribution in [0.1, 0.15) is 50.8 Å². The Balaban J connectivity index is 1.67. The van der Waals surface area contributed by atoms with E-state index in [1.807, 2.05) is 5.32 Å². The number of carbonyl (C=O) groups is 4. The summed E-state index contributed by atoms with van der Waals surface area (Å²) in [6.07, 6.45) is -1.63. The Labute approximate surface area is 215 Å². The van der Waals surface area contributed by atoms with Gasteiger partial charge in [0.2, 0.25) is 5.91 Å². The Bertz CT molecular complexity index is 1110. The molecule has 0 aliphatic carbocycles. The van der Waals surface area contributed by atoms with Crippen molar-refractivity contribution in [3.05, 3.63) is 29.1 Å². The van der Waals surface area contributed by atoms with Crippen molar-refractivity contribution < 1.29 is 42.0 Å². The Morgan fingerprint density at radius 2 is 1.89 bits per heavy atom. The molecule has 4 amide bonds. The zero-order valence-electron chi connectivity index (χ0n) is 20.7. The molecule has 10 nitrogen and oxygen atoms in total. The van der Waals surface area contributed by atoms with Crippen molar-refractivity contribution in [3.63, 3.8) is 0 Å². The second-order valence-electron chi connectivity index (χ2n) is 10.1. The predicted octanol–water partition coefficient (Wildman–Crippen LogP) is 1.63. The maximum absolute atomic E-state index is 16.0. The van der Waals surface area contributed by atoms with E-state index >= 15 is 8.78 Å². The maximum Gasteiger partial charge on any atom is 0.331 e. The summed E-state index contributed by atoms with van der Waals surface area (Å²) >= 11 is -1.96. The number of barbiturate groups is 1. The predicted molar refractivity (Wildman–Crippen MR) is 127 cm³/mol. The fraction of sp³-hybridized carbons (Fsp3) is 0.583. The normalized spacial score (nSPS) is 23.2. The number of carbonyl (C=O) groups excluding carboxylic acids is 4. The first-order chi connectivity index (χ1) is 17.4. The highest BCUT2D eigenvalue weighted by Crippen LogP contribution is 2.35. The Morgan fingerprint density at radius 3 is 2.54 bits per heavy atom. The fourth-order valence-electron chi connectivity index (χ4n) is 4.47. The van der Waals surface area contributed by atoms with Crippen molar-refractivity contribution in [2.45, 2.75) is 63.0 Å². The molecule has 4 rings (SSSR count). The SMILES string of the molecule is CC(C)(C)[S@@+]([O-])N[C@@H](c1cc2c(cc1F)CCO2)[C@@H](F)C(=O)[C@@H]1C(=O)NC(=O)N(C2CCOCC2)C1=O. The minimum Gasteiger partial charge on any atom is -0.598 e. The van der Waals surface area contributed by atoms with Gasteiger partial charge in [-0.1, -0.05) is 0 Å². The number of nitrogens with one attached hydrogen (secondary N) is 2. The van der Waals surface area contributed by atoms with Crippen LogP contribution < -0.4 is 14.8 Å². The molecule has 0 spiro atoms. The van der Waals surface area contributed by atoms with Gasteiger partial charge in [0.1, 0.15) is 22.4 Å². The molecular weight excluding hydrogens is 512 g/mol. The summed E-state index contributed by atoms with van der Waals surface area (Å²) in [7, 11) is 0. The van der Waals surface area contributed by atoms with Crippen LogP contribution in [0.4, 0.5) is 13.6 Å². The van der Waals surface area contributed by atoms with E-state index in [0.717, 1.165) is 11.0 Å². The van der Waals surface area contributed by atoms with Crippen LogP contribution in [0.2, 0.25) is 0 Å². The summed E-state index contributed by atoms with van der Waals surface area (Å²) in [5, 5.41) is 1.96. The topological polar surface area (TPSA) is 137 Å². The number of nitrogens with zero attached hydrogens (tertiary/aromatic N) is 1. The molecule has 3 heterocycles. The van der Waals surface area contributed by atoms with E-state index in [1.165, 1.54) is 6.07 Å². The molecular formula is C24H29F2N3O7S. The number of halogens is 2. The van der Waals surface area contributed by atoms with Crippen LogP contribution in [0.15, 0.2) is 12.1 Å². The third-order valence-electron chi connectivity index (χ3n) is 6.53. The first-order valence-corrected chi connectivity index (χ1v) is 13.1. The summed E-state index contributed by atoms with van der Waals surface area (Å²) in [5.74, 6) is -6.62. The molecule has 3 aliphatic heterocycles. The lowest BCUT2D eigenvalue weighted by Gasteiger charge is -2.37. The zero-order chi connectivity index (χ0) is 27.1. The summed E-state index contributed by atoms with van der Waals surface area (Å²) in [6, 6.07) is -1.04. The molecule has 2 fully saturated rings. The van der Waals surface area contributed by atoms with Crippen LogP contribution in [-0.2, 0) is 36.9 Å². The number of alkyl halides is 1. The molecule has 3 aliphatic rings. The quantitative estimate of drug-likeness (QED) is 0.393. The van der Waals surface area contributed by atoms with Gasteiger partial charge in [-0.15, -0.1) is 4.72 Å². The highest BCUT2D eigenvalue weighted by atomic mass is 32.2. The minimum atomic E-state index is -2.66. The van der Waals surface area contributed by atoms with Crippen LogP contribution in [0.25, 0.3) is 0 Å². The number of Topliss-reactive ketones (excluding diaryl/α,β-unsaturated/α-hetero) is 1. The van der Waals surface area contributed by atoms with E-state index in [9.17, 15) is 23.7 Å². The van der Waals surface area contributed by atoms with Crippen LogP contribution in [0.3, 0.4) is 0 Å². The second-order valence-corrected chi connectivity index (χ2v) is 12.1. The van der Waals surface area contributed by atoms with Gasteiger partial charge in [-0.3, -0.25) is 24.6 Å². The highest BCUT2D eigenvalue weighted by Gasteiger charge is 2.51.